The molecule has 3 heteroatoms. The molecule has 1 aromatic heterocycles. The molecule has 3 nitrogen and oxygen atoms in total. The van der Waals surface area contributed by atoms with Crippen molar-refractivity contribution in [2.75, 3.05) is 0 Å². The molecule has 0 bridgehead atoms. The van der Waals surface area contributed by atoms with Gasteiger partial charge in [-0.1, -0.05) is 38.0 Å². The largest absolute Gasteiger partial charge is 0.282 e. The normalized spacial score (nSPS) is 25.3. The zero-order valence-corrected chi connectivity index (χ0v) is 15.2. The summed E-state index contributed by atoms with van der Waals surface area (Å²) in [6, 6.07) is 6.49. The summed E-state index contributed by atoms with van der Waals surface area (Å²) in [5.74, 6) is 0.852. The SMILES string of the molecule is CCCC(=Nc1ccc(C)cc1C)c1n[nH]c2c1C[C@@H]1C[C@]1(C)C2. The van der Waals surface area contributed by atoms with Gasteiger partial charge >= 0.3 is 0 Å². The van der Waals surface area contributed by atoms with E-state index in [4.69, 9.17) is 10.1 Å². The first-order valence-corrected chi connectivity index (χ1v) is 9.21. The van der Waals surface area contributed by atoms with Crippen LogP contribution in [0.3, 0.4) is 0 Å². The first-order chi connectivity index (χ1) is 11.5. The van der Waals surface area contributed by atoms with Crippen LogP contribution in [0.15, 0.2) is 23.2 Å². The van der Waals surface area contributed by atoms with E-state index in [1.54, 1.807) is 0 Å². The monoisotopic (exact) mass is 321 g/mol. The van der Waals surface area contributed by atoms with Gasteiger partial charge in [0.2, 0.25) is 0 Å². The van der Waals surface area contributed by atoms with E-state index < -0.39 is 0 Å². The Morgan fingerprint density at radius 2 is 2.21 bits per heavy atom. The minimum Gasteiger partial charge on any atom is -0.282 e. The summed E-state index contributed by atoms with van der Waals surface area (Å²) in [6.07, 6.45) is 5.77. The molecule has 0 aliphatic heterocycles. The molecule has 24 heavy (non-hydrogen) atoms. The lowest BCUT2D eigenvalue weighted by Gasteiger charge is -2.18. The van der Waals surface area contributed by atoms with Crippen molar-refractivity contribution in [3.8, 4) is 0 Å². The van der Waals surface area contributed by atoms with Crippen LogP contribution in [0.1, 0.15) is 61.2 Å². The van der Waals surface area contributed by atoms with Crippen LogP contribution < -0.4 is 0 Å². The Balaban J connectivity index is 1.73. The molecule has 0 unspecified atom stereocenters. The minimum absolute atomic E-state index is 0.534. The van der Waals surface area contributed by atoms with Gasteiger partial charge in [0.05, 0.1) is 11.4 Å². The number of hydrogen-bond donors (Lipinski definition) is 1. The van der Waals surface area contributed by atoms with Gasteiger partial charge in [-0.25, -0.2) is 0 Å². The van der Waals surface area contributed by atoms with Crippen LogP contribution in [0.5, 0.6) is 0 Å². The summed E-state index contributed by atoms with van der Waals surface area (Å²) < 4.78 is 0. The van der Waals surface area contributed by atoms with Gasteiger partial charge in [0.15, 0.2) is 0 Å². The van der Waals surface area contributed by atoms with Crippen LogP contribution in [-0.4, -0.2) is 15.9 Å². The topological polar surface area (TPSA) is 41.0 Å². The molecule has 0 amide bonds. The molecule has 1 heterocycles. The van der Waals surface area contributed by atoms with E-state index in [2.05, 4.69) is 51.0 Å². The van der Waals surface area contributed by atoms with Gasteiger partial charge < -0.3 is 0 Å². The number of hydrogen-bond acceptors (Lipinski definition) is 2. The second-order valence-electron chi connectivity index (χ2n) is 8.06. The summed E-state index contributed by atoms with van der Waals surface area (Å²) in [6.45, 7) is 8.90. The average Bonchev–Trinajstić information content (AvgIpc) is 3.03. The number of H-pyrrole nitrogens is 1. The van der Waals surface area contributed by atoms with E-state index in [0.717, 1.165) is 42.3 Å². The lowest BCUT2D eigenvalue weighted by Crippen LogP contribution is -2.15. The van der Waals surface area contributed by atoms with Crippen molar-refractivity contribution >= 4 is 11.4 Å². The number of benzene rings is 1. The number of fused-ring (bicyclic) bond motifs is 2. The minimum atomic E-state index is 0.534. The number of aromatic amines is 1. The maximum atomic E-state index is 5.03. The van der Waals surface area contributed by atoms with Crippen LogP contribution in [0, 0.1) is 25.2 Å². The highest BCUT2D eigenvalue weighted by atomic mass is 15.1. The highest BCUT2D eigenvalue weighted by Gasteiger charge is 2.53. The molecule has 1 fully saturated rings. The number of aliphatic imine (C=N–C) groups is 1. The quantitative estimate of drug-likeness (QED) is 0.785. The van der Waals surface area contributed by atoms with Crippen molar-refractivity contribution in [3.63, 3.8) is 0 Å². The first-order valence-electron chi connectivity index (χ1n) is 9.21. The Labute approximate surface area is 144 Å². The molecular formula is C21H27N3. The van der Waals surface area contributed by atoms with Crippen LogP contribution in [0.2, 0.25) is 0 Å². The zero-order valence-electron chi connectivity index (χ0n) is 15.2. The molecule has 1 aromatic carbocycles. The first kappa shape index (κ1) is 15.6. The molecule has 2 aliphatic rings. The van der Waals surface area contributed by atoms with Gasteiger partial charge in [0, 0.05) is 11.3 Å². The van der Waals surface area contributed by atoms with E-state index in [9.17, 15) is 0 Å². The fourth-order valence-electron chi connectivity index (χ4n) is 4.24. The van der Waals surface area contributed by atoms with E-state index in [-0.39, 0.29) is 0 Å². The van der Waals surface area contributed by atoms with E-state index in [1.165, 1.54) is 35.2 Å². The number of aromatic nitrogens is 2. The molecule has 126 valence electrons. The third-order valence-electron chi connectivity index (χ3n) is 5.89. The Kier molecular flexibility index (Phi) is 3.63. The van der Waals surface area contributed by atoms with E-state index in [1.807, 2.05) is 0 Å². The number of nitrogens with one attached hydrogen (secondary N) is 1. The van der Waals surface area contributed by atoms with Crippen molar-refractivity contribution in [2.45, 2.75) is 59.8 Å². The predicted molar refractivity (Wildman–Crippen MR) is 99.2 cm³/mol. The maximum absolute atomic E-state index is 5.03. The summed E-state index contributed by atoms with van der Waals surface area (Å²) in [4.78, 5) is 5.03. The van der Waals surface area contributed by atoms with Crippen molar-refractivity contribution in [2.24, 2.45) is 16.3 Å². The second-order valence-corrected chi connectivity index (χ2v) is 8.06. The summed E-state index contributed by atoms with van der Waals surface area (Å²) >= 11 is 0. The van der Waals surface area contributed by atoms with Gasteiger partial charge in [0.25, 0.3) is 0 Å². The van der Waals surface area contributed by atoms with Crippen LogP contribution >= 0.6 is 0 Å². The van der Waals surface area contributed by atoms with Crippen molar-refractivity contribution in [3.05, 3.63) is 46.3 Å². The van der Waals surface area contributed by atoms with Crippen LogP contribution in [-0.2, 0) is 12.8 Å². The maximum Gasteiger partial charge on any atom is 0.110 e. The highest BCUT2D eigenvalue weighted by molar-refractivity contribution is 6.02. The van der Waals surface area contributed by atoms with Gasteiger partial charge in [-0.2, -0.15) is 5.10 Å². The molecule has 0 saturated heterocycles. The lowest BCUT2D eigenvalue weighted by molar-refractivity contribution is 0.466. The Morgan fingerprint density at radius 3 is 2.96 bits per heavy atom. The van der Waals surface area contributed by atoms with Crippen molar-refractivity contribution in [1.82, 2.24) is 10.2 Å². The molecular weight excluding hydrogens is 294 g/mol. The zero-order chi connectivity index (χ0) is 16.9. The molecule has 1 N–H and O–H groups in total. The van der Waals surface area contributed by atoms with Gasteiger partial charge in [0.1, 0.15) is 5.69 Å². The third-order valence-corrected chi connectivity index (χ3v) is 5.89. The Hall–Kier alpha value is -1.90. The Bertz CT molecular complexity index is 814. The fraction of sp³-hybridized carbons (Fsp3) is 0.524. The molecule has 0 spiro atoms. The van der Waals surface area contributed by atoms with Gasteiger partial charge in [-0.3, -0.25) is 10.1 Å². The lowest BCUT2D eigenvalue weighted by atomic mass is 9.87. The summed E-state index contributed by atoms with van der Waals surface area (Å²) in [5, 5.41) is 8.02. The summed E-state index contributed by atoms with van der Waals surface area (Å²) in [5.41, 5.74) is 9.20. The standard InChI is InChI=1S/C21H27N3/c1-5-6-18(22-17-8-7-13(2)9-14(17)3)20-16-10-15-11-21(15,4)12-19(16)23-24-20/h7-9,15H,5-6,10-12H2,1-4H3,(H,23,24)/t15-,21-/m1/s1. The van der Waals surface area contributed by atoms with Crippen molar-refractivity contribution in [1.29, 1.82) is 0 Å². The smallest absolute Gasteiger partial charge is 0.110 e. The predicted octanol–water partition coefficient (Wildman–Crippen LogP) is 5.07. The molecule has 2 aromatic rings. The second kappa shape index (κ2) is 5.58. The fourth-order valence-corrected chi connectivity index (χ4v) is 4.24. The molecule has 0 radical (unpaired) electrons. The molecule has 1 saturated carbocycles. The van der Waals surface area contributed by atoms with E-state index in [0.29, 0.717) is 5.41 Å². The molecule has 4 rings (SSSR count). The average molecular weight is 321 g/mol. The highest BCUT2D eigenvalue weighted by Crippen LogP contribution is 2.59. The number of nitrogens with zero attached hydrogens (tertiary/aromatic N) is 2. The van der Waals surface area contributed by atoms with Crippen LogP contribution in [0.4, 0.5) is 5.69 Å². The third kappa shape index (κ3) is 2.60. The Morgan fingerprint density at radius 1 is 1.38 bits per heavy atom. The van der Waals surface area contributed by atoms with E-state index >= 15 is 0 Å². The molecule has 2 atom stereocenters. The number of aryl methyl sites for hydroxylation is 2. The van der Waals surface area contributed by atoms with Gasteiger partial charge in [-0.05, 0) is 62.5 Å². The van der Waals surface area contributed by atoms with Crippen LogP contribution in [0.25, 0.3) is 0 Å². The van der Waals surface area contributed by atoms with Gasteiger partial charge in [-0.15, -0.1) is 0 Å². The molecule has 2 aliphatic carbocycles. The number of rotatable bonds is 4. The van der Waals surface area contributed by atoms with Crippen molar-refractivity contribution < 1.29 is 0 Å². The summed E-state index contributed by atoms with van der Waals surface area (Å²) in [7, 11) is 0.